The van der Waals surface area contributed by atoms with Crippen molar-refractivity contribution in [1.29, 1.82) is 0 Å². The van der Waals surface area contributed by atoms with Crippen molar-refractivity contribution in [2.24, 2.45) is 0 Å². The van der Waals surface area contributed by atoms with E-state index in [4.69, 9.17) is 16.3 Å². The largest absolute Gasteiger partial charge is 0.388 e. The van der Waals surface area contributed by atoms with E-state index in [1.807, 2.05) is 12.1 Å². The zero-order valence-electron chi connectivity index (χ0n) is 9.03. The van der Waals surface area contributed by atoms with Crippen LogP contribution in [0, 0.1) is 0 Å². The molecule has 16 heavy (non-hydrogen) atoms. The number of aliphatic hydroxyl groups excluding tert-OH is 1. The number of halogens is 1. The van der Waals surface area contributed by atoms with Crippen LogP contribution in [0.25, 0.3) is 0 Å². The summed E-state index contributed by atoms with van der Waals surface area (Å²) >= 11 is 5.79. The van der Waals surface area contributed by atoms with Gasteiger partial charge in [0, 0.05) is 17.6 Å². The molecule has 3 nitrogen and oxygen atoms in total. The summed E-state index contributed by atoms with van der Waals surface area (Å²) in [5, 5.41) is 14.0. The topological polar surface area (TPSA) is 41.5 Å². The maximum Gasteiger partial charge on any atom is 0.0805 e. The van der Waals surface area contributed by atoms with E-state index in [0.717, 1.165) is 18.7 Å². The highest BCUT2D eigenvalue weighted by atomic mass is 35.5. The molecule has 4 heteroatoms. The summed E-state index contributed by atoms with van der Waals surface area (Å²) in [6, 6.07) is 7.54. The molecule has 0 bridgehead atoms. The number of ether oxygens (including phenoxy) is 1. The summed E-state index contributed by atoms with van der Waals surface area (Å²) in [6.07, 6.45) is 0.207. The molecule has 0 radical (unpaired) electrons. The molecule has 1 saturated heterocycles. The Morgan fingerprint density at radius 1 is 1.44 bits per heavy atom. The lowest BCUT2D eigenvalue weighted by Gasteiger charge is -2.25. The standard InChI is InChI=1S/C12H16ClNO2/c13-10-3-1-9(2-4-10)12(15)7-11-8-16-6-5-14-11/h1-4,11-12,14-15H,5-8H2. The average molecular weight is 242 g/mol. The molecule has 2 rings (SSSR count). The molecule has 88 valence electrons. The minimum atomic E-state index is -0.462. The molecule has 0 saturated carbocycles. The maximum absolute atomic E-state index is 10.0. The monoisotopic (exact) mass is 241 g/mol. The predicted octanol–water partition coefficient (Wildman–Crippen LogP) is 1.75. The Morgan fingerprint density at radius 2 is 2.19 bits per heavy atom. The number of nitrogens with one attached hydrogen (secondary N) is 1. The van der Waals surface area contributed by atoms with Crippen LogP contribution in [0.4, 0.5) is 0 Å². The maximum atomic E-state index is 10.0. The lowest BCUT2D eigenvalue weighted by Crippen LogP contribution is -2.42. The molecule has 0 amide bonds. The van der Waals surface area contributed by atoms with E-state index in [-0.39, 0.29) is 6.04 Å². The second-order valence-electron chi connectivity index (χ2n) is 4.03. The zero-order valence-corrected chi connectivity index (χ0v) is 9.78. The fourth-order valence-electron chi connectivity index (χ4n) is 1.86. The molecule has 0 spiro atoms. The molecular weight excluding hydrogens is 226 g/mol. The van der Waals surface area contributed by atoms with E-state index in [1.54, 1.807) is 12.1 Å². The van der Waals surface area contributed by atoms with Crippen LogP contribution in [0.3, 0.4) is 0 Å². The molecule has 1 heterocycles. The third-order valence-corrected chi connectivity index (χ3v) is 3.01. The van der Waals surface area contributed by atoms with E-state index < -0.39 is 6.10 Å². The molecule has 2 unspecified atom stereocenters. The third kappa shape index (κ3) is 3.19. The molecule has 1 aromatic carbocycles. The Hall–Kier alpha value is -0.610. The van der Waals surface area contributed by atoms with Crippen molar-refractivity contribution < 1.29 is 9.84 Å². The van der Waals surface area contributed by atoms with Gasteiger partial charge in [-0.2, -0.15) is 0 Å². The molecule has 0 aliphatic carbocycles. The van der Waals surface area contributed by atoms with Crippen LogP contribution in [0.2, 0.25) is 5.02 Å². The first-order chi connectivity index (χ1) is 7.75. The number of morpholine rings is 1. The summed E-state index contributed by atoms with van der Waals surface area (Å²) in [5.41, 5.74) is 0.900. The van der Waals surface area contributed by atoms with Crippen molar-refractivity contribution in [2.45, 2.75) is 18.6 Å². The Labute approximate surface area is 100 Å². The molecule has 1 aliphatic heterocycles. The first-order valence-corrected chi connectivity index (χ1v) is 5.88. The third-order valence-electron chi connectivity index (χ3n) is 2.76. The highest BCUT2D eigenvalue weighted by molar-refractivity contribution is 6.30. The number of rotatable bonds is 3. The van der Waals surface area contributed by atoms with Gasteiger partial charge in [-0.05, 0) is 24.1 Å². The number of hydrogen-bond donors (Lipinski definition) is 2. The van der Waals surface area contributed by atoms with Crippen molar-refractivity contribution in [1.82, 2.24) is 5.32 Å². The van der Waals surface area contributed by atoms with Gasteiger partial charge in [0.15, 0.2) is 0 Å². The van der Waals surface area contributed by atoms with Gasteiger partial charge >= 0.3 is 0 Å². The molecule has 1 aliphatic rings. The summed E-state index contributed by atoms with van der Waals surface area (Å²) < 4.78 is 5.34. The van der Waals surface area contributed by atoms with Crippen LogP contribution in [-0.2, 0) is 4.74 Å². The van der Waals surface area contributed by atoms with Gasteiger partial charge in [0.25, 0.3) is 0 Å². The lowest BCUT2D eigenvalue weighted by molar-refractivity contribution is 0.0519. The predicted molar refractivity (Wildman–Crippen MR) is 63.6 cm³/mol. The van der Waals surface area contributed by atoms with Gasteiger partial charge in [0.2, 0.25) is 0 Å². The van der Waals surface area contributed by atoms with E-state index in [0.29, 0.717) is 18.1 Å². The quantitative estimate of drug-likeness (QED) is 0.847. The summed E-state index contributed by atoms with van der Waals surface area (Å²) in [4.78, 5) is 0. The minimum absolute atomic E-state index is 0.236. The zero-order chi connectivity index (χ0) is 11.4. The van der Waals surface area contributed by atoms with Crippen LogP contribution in [0.1, 0.15) is 18.1 Å². The summed E-state index contributed by atoms with van der Waals surface area (Å²) in [7, 11) is 0. The van der Waals surface area contributed by atoms with E-state index in [2.05, 4.69) is 5.32 Å². The van der Waals surface area contributed by atoms with Gasteiger partial charge in [-0.1, -0.05) is 23.7 Å². The van der Waals surface area contributed by atoms with Crippen LogP contribution in [0.5, 0.6) is 0 Å². The lowest BCUT2D eigenvalue weighted by atomic mass is 10.0. The van der Waals surface area contributed by atoms with Crippen molar-refractivity contribution in [3.8, 4) is 0 Å². The molecule has 1 fully saturated rings. The minimum Gasteiger partial charge on any atom is -0.388 e. The molecule has 1 aromatic rings. The van der Waals surface area contributed by atoms with E-state index in [1.165, 1.54) is 0 Å². The van der Waals surface area contributed by atoms with Gasteiger partial charge in [0.05, 0.1) is 19.3 Å². The molecule has 2 N–H and O–H groups in total. The SMILES string of the molecule is OC(CC1COCCN1)c1ccc(Cl)cc1. The fraction of sp³-hybridized carbons (Fsp3) is 0.500. The Balaban J connectivity index is 1.91. The van der Waals surface area contributed by atoms with E-state index >= 15 is 0 Å². The van der Waals surface area contributed by atoms with Crippen molar-refractivity contribution in [3.63, 3.8) is 0 Å². The first-order valence-electron chi connectivity index (χ1n) is 5.50. The van der Waals surface area contributed by atoms with Crippen LogP contribution < -0.4 is 5.32 Å². The van der Waals surface area contributed by atoms with Crippen molar-refractivity contribution in [2.75, 3.05) is 19.8 Å². The number of aliphatic hydroxyl groups is 1. The molecule has 0 aromatic heterocycles. The van der Waals surface area contributed by atoms with Crippen molar-refractivity contribution >= 4 is 11.6 Å². The van der Waals surface area contributed by atoms with Crippen LogP contribution >= 0.6 is 11.6 Å². The van der Waals surface area contributed by atoms with Gasteiger partial charge in [-0.3, -0.25) is 0 Å². The van der Waals surface area contributed by atoms with E-state index in [9.17, 15) is 5.11 Å². The number of hydrogen-bond acceptors (Lipinski definition) is 3. The summed E-state index contributed by atoms with van der Waals surface area (Å²) in [6.45, 7) is 2.29. The average Bonchev–Trinajstić information content (AvgIpc) is 2.31. The van der Waals surface area contributed by atoms with Gasteiger partial charge in [-0.25, -0.2) is 0 Å². The van der Waals surface area contributed by atoms with Gasteiger partial charge < -0.3 is 15.2 Å². The second kappa shape index (κ2) is 5.64. The van der Waals surface area contributed by atoms with Gasteiger partial charge in [0.1, 0.15) is 0 Å². The van der Waals surface area contributed by atoms with Crippen LogP contribution in [0.15, 0.2) is 24.3 Å². The Morgan fingerprint density at radius 3 is 2.81 bits per heavy atom. The normalized spacial score (nSPS) is 23.0. The van der Waals surface area contributed by atoms with Crippen LogP contribution in [-0.4, -0.2) is 30.9 Å². The second-order valence-corrected chi connectivity index (χ2v) is 4.47. The Bertz CT molecular complexity index is 322. The highest BCUT2D eigenvalue weighted by Gasteiger charge is 2.18. The molecular formula is C12H16ClNO2. The highest BCUT2D eigenvalue weighted by Crippen LogP contribution is 2.21. The fourth-order valence-corrected chi connectivity index (χ4v) is 1.99. The smallest absolute Gasteiger partial charge is 0.0805 e. The Kier molecular flexibility index (Phi) is 4.18. The van der Waals surface area contributed by atoms with Gasteiger partial charge in [-0.15, -0.1) is 0 Å². The summed E-state index contributed by atoms with van der Waals surface area (Å²) in [5.74, 6) is 0. The van der Waals surface area contributed by atoms with Crippen molar-refractivity contribution in [3.05, 3.63) is 34.9 Å². The number of benzene rings is 1. The first kappa shape index (κ1) is 11.9. The molecule has 2 atom stereocenters.